The van der Waals surface area contributed by atoms with Crippen LogP contribution in [0, 0.1) is 0 Å². The summed E-state index contributed by atoms with van der Waals surface area (Å²) in [6.45, 7) is 0.646. The number of aromatic nitrogens is 1. The monoisotopic (exact) mass is 208 g/mol. The van der Waals surface area contributed by atoms with Crippen molar-refractivity contribution >= 4 is 17.7 Å². The van der Waals surface area contributed by atoms with Gasteiger partial charge in [-0.2, -0.15) is 0 Å². The summed E-state index contributed by atoms with van der Waals surface area (Å²) in [7, 11) is 0. The average Bonchev–Trinajstić information content (AvgIpc) is 2.23. The van der Waals surface area contributed by atoms with E-state index in [0.717, 1.165) is 17.3 Å². The van der Waals surface area contributed by atoms with Crippen LogP contribution in [-0.4, -0.2) is 27.4 Å². The maximum absolute atomic E-state index is 11.5. The molecule has 0 radical (unpaired) electrons. The Morgan fingerprint density at radius 1 is 1.50 bits per heavy atom. The van der Waals surface area contributed by atoms with E-state index in [-0.39, 0.29) is 5.91 Å². The number of thioether (sulfide) groups is 1. The summed E-state index contributed by atoms with van der Waals surface area (Å²) in [4.78, 5) is 17.5. The third-order valence-corrected chi connectivity index (χ3v) is 3.13. The second-order valence-corrected chi connectivity index (χ2v) is 4.27. The molecule has 4 heteroatoms. The zero-order chi connectivity index (χ0) is 9.80. The fourth-order valence-electron chi connectivity index (χ4n) is 1.39. The maximum atomic E-state index is 11.5. The first kappa shape index (κ1) is 9.52. The van der Waals surface area contributed by atoms with Crippen molar-refractivity contribution in [1.82, 2.24) is 9.88 Å². The molecule has 1 aliphatic rings. The van der Waals surface area contributed by atoms with Crippen LogP contribution in [-0.2, 0) is 11.3 Å². The lowest BCUT2D eigenvalue weighted by atomic mass is 10.3. The van der Waals surface area contributed by atoms with Gasteiger partial charge in [-0.25, -0.2) is 0 Å². The predicted octanol–water partition coefficient (Wildman–Crippen LogP) is 1.50. The highest BCUT2D eigenvalue weighted by Crippen LogP contribution is 2.16. The van der Waals surface area contributed by atoms with E-state index in [2.05, 4.69) is 4.98 Å². The molecule has 1 saturated heterocycles. The smallest absolute Gasteiger partial charge is 0.224 e. The van der Waals surface area contributed by atoms with Crippen LogP contribution in [0.25, 0.3) is 0 Å². The summed E-state index contributed by atoms with van der Waals surface area (Å²) in [5.74, 6) is 2.00. The number of carbonyl (C=O) groups excluding carboxylic acids is 1. The van der Waals surface area contributed by atoms with E-state index in [1.165, 1.54) is 0 Å². The Balaban J connectivity index is 2.00. The van der Waals surface area contributed by atoms with Crippen LogP contribution in [0.1, 0.15) is 12.1 Å². The molecule has 0 atom stereocenters. The average molecular weight is 208 g/mol. The van der Waals surface area contributed by atoms with Gasteiger partial charge in [-0.3, -0.25) is 9.78 Å². The Bertz CT molecular complexity index is 315. The van der Waals surface area contributed by atoms with Crippen LogP contribution in [0.15, 0.2) is 24.4 Å². The molecule has 0 aliphatic carbocycles. The van der Waals surface area contributed by atoms with Gasteiger partial charge in [0.25, 0.3) is 0 Å². The largest absolute Gasteiger partial charge is 0.328 e. The molecule has 0 spiro atoms. The SMILES string of the molecule is O=C1CCSCN1Cc1ccccn1. The van der Waals surface area contributed by atoms with Crippen molar-refractivity contribution < 1.29 is 4.79 Å². The van der Waals surface area contributed by atoms with E-state index in [0.29, 0.717) is 13.0 Å². The van der Waals surface area contributed by atoms with Crippen molar-refractivity contribution in [2.75, 3.05) is 11.6 Å². The van der Waals surface area contributed by atoms with E-state index in [9.17, 15) is 4.79 Å². The lowest BCUT2D eigenvalue weighted by Crippen LogP contribution is -2.34. The highest BCUT2D eigenvalue weighted by molar-refractivity contribution is 7.99. The first-order valence-electron chi connectivity index (χ1n) is 4.62. The summed E-state index contributed by atoms with van der Waals surface area (Å²) in [5, 5.41) is 0. The van der Waals surface area contributed by atoms with Gasteiger partial charge in [-0.15, -0.1) is 11.8 Å². The molecule has 1 aromatic heterocycles. The van der Waals surface area contributed by atoms with E-state index in [1.54, 1.807) is 18.0 Å². The molecule has 74 valence electrons. The van der Waals surface area contributed by atoms with Gasteiger partial charge in [0.1, 0.15) is 0 Å². The van der Waals surface area contributed by atoms with Crippen molar-refractivity contribution in [3.8, 4) is 0 Å². The first-order valence-corrected chi connectivity index (χ1v) is 5.77. The van der Waals surface area contributed by atoms with Gasteiger partial charge in [-0.05, 0) is 12.1 Å². The van der Waals surface area contributed by atoms with Gasteiger partial charge in [0, 0.05) is 18.4 Å². The van der Waals surface area contributed by atoms with Crippen molar-refractivity contribution in [3.63, 3.8) is 0 Å². The third kappa shape index (κ3) is 2.26. The molecule has 2 heterocycles. The number of pyridine rings is 1. The second kappa shape index (κ2) is 4.46. The number of rotatable bonds is 2. The standard InChI is InChI=1S/C10H12N2OS/c13-10-4-6-14-8-12(10)7-9-3-1-2-5-11-9/h1-3,5H,4,6-8H2. The van der Waals surface area contributed by atoms with Crippen molar-refractivity contribution in [2.24, 2.45) is 0 Å². The van der Waals surface area contributed by atoms with E-state index in [4.69, 9.17) is 0 Å². The number of amides is 1. The Morgan fingerprint density at radius 2 is 2.43 bits per heavy atom. The normalized spacial score (nSPS) is 17.1. The minimum Gasteiger partial charge on any atom is -0.328 e. The first-order chi connectivity index (χ1) is 6.86. The third-order valence-electron chi connectivity index (χ3n) is 2.14. The van der Waals surface area contributed by atoms with Gasteiger partial charge in [0.2, 0.25) is 5.91 Å². The quantitative estimate of drug-likeness (QED) is 0.738. The molecule has 0 saturated carbocycles. The Labute approximate surface area is 87.5 Å². The maximum Gasteiger partial charge on any atom is 0.224 e. The number of hydrogen-bond donors (Lipinski definition) is 0. The predicted molar refractivity (Wildman–Crippen MR) is 56.7 cm³/mol. The molecule has 1 fully saturated rings. The summed E-state index contributed by atoms with van der Waals surface area (Å²) in [6.07, 6.45) is 2.42. The van der Waals surface area contributed by atoms with Gasteiger partial charge in [0.05, 0.1) is 18.1 Å². The fraction of sp³-hybridized carbons (Fsp3) is 0.400. The highest BCUT2D eigenvalue weighted by Gasteiger charge is 2.18. The molecule has 1 amide bonds. The van der Waals surface area contributed by atoms with Crippen LogP contribution in [0.5, 0.6) is 0 Å². The number of hydrogen-bond acceptors (Lipinski definition) is 3. The summed E-state index contributed by atoms with van der Waals surface area (Å²) < 4.78 is 0. The Hall–Kier alpha value is -1.03. The Morgan fingerprint density at radius 3 is 3.14 bits per heavy atom. The zero-order valence-electron chi connectivity index (χ0n) is 7.85. The van der Waals surface area contributed by atoms with Crippen LogP contribution >= 0.6 is 11.8 Å². The molecule has 0 unspecified atom stereocenters. The van der Waals surface area contributed by atoms with E-state index < -0.39 is 0 Å². The second-order valence-electron chi connectivity index (χ2n) is 3.20. The Kier molecular flexibility index (Phi) is 3.03. The zero-order valence-corrected chi connectivity index (χ0v) is 8.67. The highest BCUT2D eigenvalue weighted by atomic mass is 32.2. The van der Waals surface area contributed by atoms with Crippen molar-refractivity contribution in [2.45, 2.75) is 13.0 Å². The van der Waals surface area contributed by atoms with Crippen LogP contribution in [0.4, 0.5) is 0 Å². The molecule has 2 rings (SSSR count). The van der Waals surface area contributed by atoms with Gasteiger partial charge < -0.3 is 4.90 Å². The van der Waals surface area contributed by atoms with Crippen molar-refractivity contribution in [1.29, 1.82) is 0 Å². The summed E-state index contributed by atoms with van der Waals surface area (Å²) >= 11 is 1.80. The minimum atomic E-state index is 0.245. The molecule has 0 bridgehead atoms. The van der Waals surface area contributed by atoms with Crippen molar-refractivity contribution in [3.05, 3.63) is 30.1 Å². The minimum absolute atomic E-state index is 0.245. The molecular weight excluding hydrogens is 196 g/mol. The van der Waals surface area contributed by atoms with Crippen LogP contribution in [0.2, 0.25) is 0 Å². The van der Waals surface area contributed by atoms with Crippen LogP contribution < -0.4 is 0 Å². The fourth-order valence-corrected chi connectivity index (χ4v) is 2.29. The molecule has 1 aromatic rings. The lowest BCUT2D eigenvalue weighted by Gasteiger charge is -2.25. The van der Waals surface area contributed by atoms with E-state index in [1.807, 2.05) is 23.1 Å². The number of carbonyl (C=O) groups is 1. The van der Waals surface area contributed by atoms with Gasteiger partial charge >= 0.3 is 0 Å². The molecule has 0 aromatic carbocycles. The van der Waals surface area contributed by atoms with E-state index >= 15 is 0 Å². The van der Waals surface area contributed by atoms with Gasteiger partial charge in [0.15, 0.2) is 0 Å². The number of nitrogens with zero attached hydrogens (tertiary/aromatic N) is 2. The molecule has 14 heavy (non-hydrogen) atoms. The molecule has 1 aliphatic heterocycles. The molecule has 3 nitrogen and oxygen atoms in total. The summed E-state index contributed by atoms with van der Waals surface area (Å²) in [5.41, 5.74) is 0.961. The van der Waals surface area contributed by atoms with Crippen LogP contribution in [0.3, 0.4) is 0 Å². The summed E-state index contributed by atoms with van der Waals surface area (Å²) in [6, 6.07) is 5.78. The molecular formula is C10H12N2OS. The lowest BCUT2D eigenvalue weighted by molar-refractivity contribution is -0.130. The van der Waals surface area contributed by atoms with Gasteiger partial charge in [-0.1, -0.05) is 6.07 Å². The molecule has 0 N–H and O–H groups in total. The topological polar surface area (TPSA) is 33.2 Å².